The summed E-state index contributed by atoms with van der Waals surface area (Å²) in [5.41, 5.74) is 1.27. The first-order chi connectivity index (χ1) is 12.2. The molecule has 0 aromatic heterocycles. The lowest BCUT2D eigenvalue weighted by atomic mass is 10.00. The quantitative estimate of drug-likeness (QED) is 0.351. The van der Waals surface area contributed by atoms with Gasteiger partial charge in [0.25, 0.3) is 0 Å². The summed E-state index contributed by atoms with van der Waals surface area (Å²) >= 11 is 0. The van der Waals surface area contributed by atoms with E-state index < -0.39 is 0 Å². The Morgan fingerprint density at radius 1 is 1.19 bits per heavy atom. The predicted molar refractivity (Wildman–Crippen MR) is 120 cm³/mol. The van der Waals surface area contributed by atoms with Crippen LogP contribution in [-0.2, 0) is 0 Å². The van der Waals surface area contributed by atoms with Crippen molar-refractivity contribution in [2.75, 3.05) is 13.1 Å². The van der Waals surface area contributed by atoms with E-state index in [2.05, 4.69) is 66.9 Å². The molecule has 142 valence electrons. The third-order valence-corrected chi connectivity index (χ3v) is 5.09. The fraction of sp³-hybridized carbons (Fsp3) is 0.476. The molecule has 1 aliphatic rings. The molecule has 0 heterocycles. The van der Waals surface area contributed by atoms with Gasteiger partial charge in [0.05, 0.1) is 12.1 Å². The molecule has 2 aromatic carbocycles. The van der Waals surface area contributed by atoms with Crippen LogP contribution in [-0.4, -0.2) is 30.3 Å². The average molecular weight is 467 g/mol. The highest BCUT2D eigenvalue weighted by Gasteiger charge is 2.24. The number of nitrogens with one attached hydrogen (secondary N) is 2. The number of rotatable bonds is 5. The minimum absolute atomic E-state index is 0. The summed E-state index contributed by atoms with van der Waals surface area (Å²) in [6.07, 6.45) is 2.90. The summed E-state index contributed by atoms with van der Waals surface area (Å²) < 4.78 is 0. The van der Waals surface area contributed by atoms with Gasteiger partial charge in [-0.25, -0.2) is 0 Å². The molecule has 3 N–H and O–H groups in total. The number of nitrogens with zero attached hydrogens (tertiary/aromatic N) is 1. The lowest BCUT2D eigenvalue weighted by Crippen LogP contribution is -2.39. The van der Waals surface area contributed by atoms with Crippen LogP contribution < -0.4 is 10.6 Å². The van der Waals surface area contributed by atoms with Crippen molar-refractivity contribution in [3.05, 3.63) is 48.0 Å². The molecule has 3 rings (SSSR count). The first kappa shape index (κ1) is 21.0. The van der Waals surface area contributed by atoms with E-state index in [1.807, 2.05) is 0 Å². The van der Waals surface area contributed by atoms with Crippen molar-refractivity contribution < 1.29 is 5.11 Å². The van der Waals surface area contributed by atoms with E-state index in [9.17, 15) is 5.11 Å². The standard InChI is InChI=1S/C21H29N3O.HI/c1-3-22-21(23-14-17-10-7-13-20(17)25)24-15(2)18-12-6-9-16-8-4-5-11-19(16)18;/h4-6,8-9,11-12,15,17,20,25H,3,7,10,13-14H2,1-2H3,(H2,22,23,24);1H. The zero-order valence-corrected chi connectivity index (χ0v) is 17.9. The lowest BCUT2D eigenvalue weighted by molar-refractivity contribution is 0.136. The van der Waals surface area contributed by atoms with Crippen molar-refractivity contribution in [2.45, 2.75) is 45.3 Å². The molecule has 0 aliphatic heterocycles. The molecule has 1 saturated carbocycles. The molecule has 0 saturated heterocycles. The molecule has 26 heavy (non-hydrogen) atoms. The van der Waals surface area contributed by atoms with Crippen LogP contribution in [0.1, 0.15) is 44.7 Å². The van der Waals surface area contributed by atoms with Crippen LogP contribution in [0.3, 0.4) is 0 Å². The predicted octanol–water partition coefficient (Wildman–Crippen LogP) is 4.23. The minimum Gasteiger partial charge on any atom is -0.393 e. The van der Waals surface area contributed by atoms with Crippen molar-refractivity contribution in [2.24, 2.45) is 10.9 Å². The number of aliphatic hydroxyl groups is 1. The van der Waals surface area contributed by atoms with Gasteiger partial charge in [0.2, 0.25) is 0 Å². The maximum atomic E-state index is 10.00. The van der Waals surface area contributed by atoms with Gasteiger partial charge in [-0.05, 0) is 43.0 Å². The highest BCUT2D eigenvalue weighted by Crippen LogP contribution is 2.26. The summed E-state index contributed by atoms with van der Waals surface area (Å²) in [6, 6.07) is 15.0. The van der Waals surface area contributed by atoms with Crippen LogP contribution in [0.15, 0.2) is 47.5 Å². The van der Waals surface area contributed by atoms with E-state index in [-0.39, 0.29) is 36.1 Å². The van der Waals surface area contributed by atoms with Gasteiger partial charge in [-0.1, -0.05) is 48.9 Å². The Balaban J connectivity index is 0.00000243. The van der Waals surface area contributed by atoms with E-state index in [0.717, 1.165) is 31.8 Å². The summed E-state index contributed by atoms with van der Waals surface area (Å²) in [4.78, 5) is 4.73. The van der Waals surface area contributed by atoms with E-state index >= 15 is 0 Å². The zero-order chi connectivity index (χ0) is 17.6. The second-order valence-corrected chi connectivity index (χ2v) is 6.91. The fourth-order valence-electron chi connectivity index (χ4n) is 3.67. The number of fused-ring (bicyclic) bond motifs is 1. The highest BCUT2D eigenvalue weighted by atomic mass is 127. The Morgan fingerprint density at radius 2 is 1.96 bits per heavy atom. The smallest absolute Gasteiger partial charge is 0.191 e. The molecule has 0 spiro atoms. The molecule has 0 amide bonds. The normalized spacial score (nSPS) is 21.3. The minimum atomic E-state index is -0.192. The number of halogens is 1. The van der Waals surface area contributed by atoms with Crippen molar-refractivity contribution >= 4 is 40.7 Å². The van der Waals surface area contributed by atoms with Gasteiger partial charge in [-0.15, -0.1) is 24.0 Å². The van der Waals surface area contributed by atoms with Crippen molar-refractivity contribution in [1.29, 1.82) is 0 Å². The van der Waals surface area contributed by atoms with E-state index in [0.29, 0.717) is 12.5 Å². The van der Waals surface area contributed by atoms with E-state index in [4.69, 9.17) is 4.99 Å². The summed E-state index contributed by atoms with van der Waals surface area (Å²) in [5.74, 6) is 1.12. The first-order valence-electron chi connectivity index (χ1n) is 9.39. The zero-order valence-electron chi connectivity index (χ0n) is 15.6. The Morgan fingerprint density at radius 3 is 2.69 bits per heavy atom. The molecule has 4 nitrogen and oxygen atoms in total. The van der Waals surface area contributed by atoms with Crippen molar-refractivity contribution in [1.82, 2.24) is 10.6 Å². The fourth-order valence-corrected chi connectivity index (χ4v) is 3.67. The number of guanidine groups is 1. The highest BCUT2D eigenvalue weighted by molar-refractivity contribution is 14.0. The van der Waals surface area contributed by atoms with Gasteiger partial charge in [-0.2, -0.15) is 0 Å². The summed E-state index contributed by atoms with van der Waals surface area (Å²) in [5, 5.41) is 19.4. The molecule has 1 aliphatic carbocycles. The molecule has 3 atom stereocenters. The van der Waals surface area contributed by atoms with Gasteiger partial charge in [0.15, 0.2) is 5.96 Å². The van der Waals surface area contributed by atoms with E-state index in [1.54, 1.807) is 0 Å². The van der Waals surface area contributed by atoms with Gasteiger partial charge in [0.1, 0.15) is 0 Å². The van der Waals surface area contributed by atoms with Crippen LogP contribution in [0.2, 0.25) is 0 Å². The molecule has 0 bridgehead atoms. The van der Waals surface area contributed by atoms with E-state index in [1.165, 1.54) is 16.3 Å². The van der Waals surface area contributed by atoms with Crippen LogP contribution in [0, 0.1) is 5.92 Å². The number of hydrogen-bond donors (Lipinski definition) is 3. The molecule has 3 unspecified atom stereocenters. The monoisotopic (exact) mass is 467 g/mol. The maximum absolute atomic E-state index is 10.00. The number of hydrogen-bond acceptors (Lipinski definition) is 2. The third kappa shape index (κ3) is 5.10. The molecule has 1 fully saturated rings. The third-order valence-electron chi connectivity index (χ3n) is 5.09. The van der Waals surface area contributed by atoms with Crippen LogP contribution in [0.5, 0.6) is 0 Å². The van der Waals surface area contributed by atoms with Crippen molar-refractivity contribution in [3.63, 3.8) is 0 Å². The Hall–Kier alpha value is -1.34. The lowest BCUT2D eigenvalue weighted by Gasteiger charge is -2.20. The SMILES string of the molecule is CCNC(=NCC1CCCC1O)NC(C)c1cccc2ccccc12.I. The average Bonchev–Trinajstić information content (AvgIpc) is 3.04. The summed E-state index contributed by atoms with van der Waals surface area (Å²) in [6.45, 7) is 5.74. The molecule has 0 radical (unpaired) electrons. The first-order valence-corrected chi connectivity index (χ1v) is 9.39. The number of benzene rings is 2. The van der Waals surface area contributed by atoms with Gasteiger partial charge in [0, 0.05) is 19.0 Å². The van der Waals surface area contributed by atoms with Crippen molar-refractivity contribution in [3.8, 4) is 0 Å². The molecule has 5 heteroatoms. The number of aliphatic hydroxyl groups excluding tert-OH is 1. The second kappa shape index (κ2) is 10.1. The Bertz CT molecular complexity index is 729. The van der Waals surface area contributed by atoms with Crippen LogP contribution >= 0.6 is 24.0 Å². The van der Waals surface area contributed by atoms with Gasteiger partial charge in [-0.3, -0.25) is 4.99 Å². The largest absolute Gasteiger partial charge is 0.393 e. The van der Waals surface area contributed by atoms with Gasteiger partial charge >= 0.3 is 0 Å². The molecule has 2 aromatic rings. The second-order valence-electron chi connectivity index (χ2n) is 6.91. The van der Waals surface area contributed by atoms with Crippen LogP contribution in [0.4, 0.5) is 0 Å². The molecular formula is C21H30IN3O. The topological polar surface area (TPSA) is 56.7 Å². The Labute approximate surface area is 173 Å². The Kier molecular flexibility index (Phi) is 8.15. The summed E-state index contributed by atoms with van der Waals surface area (Å²) in [7, 11) is 0. The van der Waals surface area contributed by atoms with Gasteiger partial charge < -0.3 is 15.7 Å². The maximum Gasteiger partial charge on any atom is 0.191 e. The number of aliphatic imine (C=N–C) groups is 1. The van der Waals surface area contributed by atoms with Crippen LogP contribution in [0.25, 0.3) is 10.8 Å². The molecular weight excluding hydrogens is 437 g/mol.